The zero-order valence-electron chi connectivity index (χ0n) is 13.3. The molecule has 0 spiro atoms. The van der Waals surface area contributed by atoms with E-state index in [0.29, 0.717) is 6.54 Å². The lowest BCUT2D eigenvalue weighted by molar-refractivity contribution is -0.140. The fourth-order valence-electron chi connectivity index (χ4n) is 2.11. The molecule has 1 N–H and O–H groups in total. The zero-order chi connectivity index (χ0) is 15.8. The van der Waals surface area contributed by atoms with Crippen LogP contribution in [-0.4, -0.2) is 38.4 Å². The van der Waals surface area contributed by atoms with Gasteiger partial charge in [-0.05, 0) is 18.6 Å². The SMILES string of the molecule is CCCCN(CC(C)C(=O)O)c1cc(OC)ccc1OC. The highest BCUT2D eigenvalue weighted by atomic mass is 16.5. The van der Waals surface area contributed by atoms with Gasteiger partial charge in [-0.15, -0.1) is 0 Å². The van der Waals surface area contributed by atoms with Crippen LogP contribution in [0, 0.1) is 5.92 Å². The second-order valence-corrected chi connectivity index (χ2v) is 5.08. The van der Waals surface area contributed by atoms with Gasteiger partial charge in [0.15, 0.2) is 0 Å². The molecular formula is C16H25NO4. The summed E-state index contributed by atoms with van der Waals surface area (Å²) in [5.74, 6) is 0.218. The third-order valence-electron chi connectivity index (χ3n) is 3.42. The molecule has 21 heavy (non-hydrogen) atoms. The number of hydrogen-bond donors (Lipinski definition) is 1. The van der Waals surface area contributed by atoms with E-state index in [4.69, 9.17) is 14.6 Å². The highest BCUT2D eigenvalue weighted by Crippen LogP contribution is 2.33. The third kappa shape index (κ3) is 4.85. The Morgan fingerprint density at radius 3 is 2.57 bits per heavy atom. The molecule has 5 heteroatoms. The lowest BCUT2D eigenvalue weighted by atomic mass is 10.1. The predicted octanol–water partition coefficient (Wildman–Crippen LogP) is 3.03. The Morgan fingerprint density at radius 2 is 2.05 bits per heavy atom. The zero-order valence-corrected chi connectivity index (χ0v) is 13.3. The first-order valence-electron chi connectivity index (χ1n) is 7.23. The molecule has 0 amide bonds. The van der Waals surface area contributed by atoms with Crippen molar-refractivity contribution in [2.75, 3.05) is 32.2 Å². The van der Waals surface area contributed by atoms with Gasteiger partial charge in [0.1, 0.15) is 11.5 Å². The van der Waals surface area contributed by atoms with Crippen molar-refractivity contribution in [2.24, 2.45) is 5.92 Å². The first kappa shape index (κ1) is 17.1. The number of rotatable bonds is 9. The van der Waals surface area contributed by atoms with Crippen LogP contribution in [0.5, 0.6) is 11.5 Å². The van der Waals surface area contributed by atoms with Crippen LogP contribution in [0.25, 0.3) is 0 Å². The van der Waals surface area contributed by atoms with Crippen molar-refractivity contribution in [2.45, 2.75) is 26.7 Å². The van der Waals surface area contributed by atoms with Crippen molar-refractivity contribution in [3.05, 3.63) is 18.2 Å². The lowest BCUT2D eigenvalue weighted by Crippen LogP contribution is -2.33. The largest absolute Gasteiger partial charge is 0.497 e. The van der Waals surface area contributed by atoms with Crippen molar-refractivity contribution in [1.82, 2.24) is 0 Å². The highest BCUT2D eigenvalue weighted by molar-refractivity contribution is 5.71. The standard InChI is InChI=1S/C16H25NO4/c1-5-6-9-17(11-12(2)16(18)19)14-10-13(20-3)7-8-15(14)21-4/h7-8,10,12H,5-6,9,11H2,1-4H3,(H,18,19). The molecule has 1 aromatic rings. The third-order valence-corrected chi connectivity index (χ3v) is 3.42. The van der Waals surface area contributed by atoms with E-state index < -0.39 is 11.9 Å². The van der Waals surface area contributed by atoms with Crippen LogP contribution in [0.3, 0.4) is 0 Å². The maximum Gasteiger partial charge on any atom is 0.308 e. The second kappa shape index (κ2) is 8.39. The van der Waals surface area contributed by atoms with Gasteiger partial charge < -0.3 is 19.5 Å². The molecule has 0 bridgehead atoms. The normalized spacial score (nSPS) is 11.8. The summed E-state index contributed by atoms with van der Waals surface area (Å²) in [5, 5.41) is 9.15. The van der Waals surface area contributed by atoms with Gasteiger partial charge >= 0.3 is 5.97 Å². The molecule has 1 aromatic carbocycles. The number of ether oxygens (including phenoxy) is 2. The van der Waals surface area contributed by atoms with E-state index in [2.05, 4.69) is 11.8 Å². The summed E-state index contributed by atoms with van der Waals surface area (Å²) < 4.78 is 10.7. The summed E-state index contributed by atoms with van der Waals surface area (Å²) >= 11 is 0. The molecule has 0 aliphatic heterocycles. The summed E-state index contributed by atoms with van der Waals surface area (Å²) in [5.41, 5.74) is 0.874. The minimum Gasteiger partial charge on any atom is -0.497 e. The smallest absolute Gasteiger partial charge is 0.308 e. The molecule has 5 nitrogen and oxygen atoms in total. The molecule has 0 radical (unpaired) electrons. The van der Waals surface area contributed by atoms with Crippen LogP contribution >= 0.6 is 0 Å². The molecule has 1 atom stereocenters. The van der Waals surface area contributed by atoms with E-state index in [-0.39, 0.29) is 0 Å². The number of benzene rings is 1. The number of methoxy groups -OCH3 is 2. The van der Waals surface area contributed by atoms with Crippen molar-refractivity contribution in [3.8, 4) is 11.5 Å². The summed E-state index contributed by atoms with van der Waals surface area (Å²) in [6.07, 6.45) is 2.04. The van der Waals surface area contributed by atoms with E-state index >= 15 is 0 Å². The predicted molar refractivity (Wildman–Crippen MR) is 83.5 cm³/mol. The maximum absolute atomic E-state index is 11.1. The molecule has 0 heterocycles. The van der Waals surface area contributed by atoms with Crippen LogP contribution in [0.2, 0.25) is 0 Å². The Bertz CT molecular complexity index is 462. The second-order valence-electron chi connectivity index (χ2n) is 5.08. The van der Waals surface area contributed by atoms with Crippen LogP contribution in [0.15, 0.2) is 18.2 Å². The summed E-state index contributed by atoms with van der Waals surface area (Å²) in [6, 6.07) is 5.57. The summed E-state index contributed by atoms with van der Waals surface area (Å²) in [6.45, 7) is 5.06. The van der Waals surface area contributed by atoms with Gasteiger partial charge in [0.05, 0.1) is 25.8 Å². The monoisotopic (exact) mass is 295 g/mol. The minimum absolute atomic E-state index is 0.443. The van der Waals surface area contributed by atoms with Crippen LogP contribution in [0.4, 0.5) is 5.69 Å². The molecular weight excluding hydrogens is 270 g/mol. The van der Waals surface area contributed by atoms with E-state index in [9.17, 15) is 4.79 Å². The van der Waals surface area contributed by atoms with Gasteiger partial charge in [-0.1, -0.05) is 20.3 Å². The number of carboxylic acids is 1. The Hall–Kier alpha value is -1.91. The van der Waals surface area contributed by atoms with Gasteiger partial charge in [0, 0.05) is 19.2 Å². The van der Waals surface area contributed by atoms with Crippen LogP contribution < -0.4 is 14.4 Å². The number of anilines is 1. The Kier molecular flexibility index (Phi) is 6.85. The van der Waals surface area contributed by atoms with E-state index in [1.165, 1.54) is 0 Å². The molecule has 0 aliphatic rings. The van der Waals surface area contributed by atoms with Gasteiger partial charge in [-0.25, -0.2) is 0 Å². The molecule has 0 saturated heterocycles. The average molecular weight is 295 g/mol. The molecule has 1 rings (SSSR count). The van der Waals surface area contributed by atoms with Crippen molar-refractivity contribution >= 4 is 11.7 Å². The Labute approximate surface area is 126 Å². The van der Waals surface area contributed by atoms with E-state index in [1.807, 2.05) is 18.2 Å². The van der Waals surface area contributed by atoms with Crippen molar-refractivity contribution in [3.63, 3.8) is 0 Å². The van der Waals surface area contributed by atoms with E-state index in [0.717, 1.165) is 36.6 Å². The Balaban J connectivity index is 3.07. The fourth-order valence-corrected chi connectivity index (χ4v) is 2.11. The van der Waals surface area contributed by atoms with Crippen LogP contribution in [-0.2, 0) is 4.79 Å². The van der Waals surface area contributed by atoms with Gasteiger partial charge in [-0.2, -0.15) is 0 Å². The highest BCUT2D eigenvalue weighted by Gasteiger charge is 2.19. The quantitative estimate of drug-likeness (QED) is 0.759. The lowest BCUT2D eigenvalue weighted by Gasteiger charge is -2.28. The summed E-state index contributed by atoms with van der Waals surface area (Å²) in [4.78, 5) is 13.2. The summed E-state index contributed by atoms with van der Waals surface area (Å²) in [7, 11) is 3.23. The Morgan fingerprint density at radius 1 is 1.33 bits per heavy atom. The number of unbranched alkanes of at least 4 members (excludes halogenated alkanes) is 1. The van der Waals surface area contributed by atoms with Gasteiger partial charge in [0.2, 0.25) is 0 Å². The first-order valence-corrected chi connectivity index (χ1v) is 7.23. The first-order chi connectivity index (χ1) is 10.0. The number of carbonyl (C=O) groups is 1. The van der Waals surface area contributed by atoms with E-state index in [1.54, 1.807) is 21.1 Å². The minimum atomic E-state index is -0.793. The number of hydrogen-bond acceptors (Lipinski definition) is 4. The molecule has 1 unspecified atom stereocenters. The molecule has 0 fully saturated rings. The topological polar surface area (TPSA) is 59.0 Å². The van der Waals surface area contributed by atoms with Gasteiger partial charge in [0.25, 0.3) is 0 Å². The fraction of sp³-hybridized carbons (Fsp3) is 0.562. The number of nitrogens with zero attached hydrogens (tertiary/aromatic N) is 1. The van der Waals surface area contributed by atoms with Gasteiger partial charge in [-0.3, -0.25) is 4.79 Å². The maximum atomic E-state index is 11.1. The average Bonchev–Trinajstić information content (AvgIpc) is 2.50. The van der Waals surface area contributed by atoms with Crippen molar-refractivity contribution in [1.29, 1.82) is 0 Å². The molecule has 0 aliphatic carbocycles. The molecule has 0 aromatic heterocycles. The van der Waals surface area contributed by atoms with Crippen LogP contribution in [0.1, 0.15) is 26.7 Å². The molecule has 0 saturated carbocycles. The molecule has 118 valence electrons. The number of aliphatic carboxylic acids is 1. The van der Waals surface area contributed by atoms with Crippen molar-refractivity contribution < 1.29 is 19.4 Å². The number of carboxylic acid groups (broad SMARTS) is 1.